The van der Waals surface area contributed by atoms with Gasteiger partial charge in [0, 0.05) is 67.9 Å². The van der Waals surface area contributed by atoms with Crippen LogP contribution in [-0.2, 0) is 42.9 Å². The summed E-state index contributed by atoms with van der Waals surface area (Å²) >= 11 is 0. The van der Waals surface area contributed by atoms with E-state index in [-0.39, 0.29) is 63.3 Å². The van der Waals surface area contributed by atoms with Crippen LogP contribution in [0.4, 0.5) is 24.5 Å². The van der Waals surface area contributed by atoms with Gasteiger partial charge in [0.25, 0.3) is 11.8 Å². The molecule has 0 unspecified atom stereocenters. The van der Waals surface area contributed by atoms with Crippen LogP contribution in [0.15, 0.2) is 85.1 Å². The Labute approximate surface area is 378 Å². The smallest absolute Gasteiger partial charge is 0.395 e. The van der Waals surface area contributed by atoms with E-state index < -0.39 is 17.6 Å². The first kappa shape index (κ1) is 50.6. The van der Waals surface area contributed by atoms with Gasteiger partial charge in [0.1, 0.15) is 0 Å². The van der Waals surface area contributed by atoms with E-state index in [2.05, 4.69) is 20.5 Å². The van der Waals surface area contributed by atoms with Gasteiger partial charge in [0.15, 0.2) is 0 Å². The van der Waals surface area contributed by atoms with E-state index in [9.17, 15) is 27.6 Å². The minimum absolute atomic E-state index is 0.0980. The number of carbonyl (C=O) groups is 3. The van der Waals surface area contributed by atoms with E-state index in [4.69, 9.17) is 29.2 Å². The van der Waals surface area contributed by atoms with Gasteiger partial charge >= 0.3 is 6.18 Å². The first-order valence-electron chi connectivity index (χ1n) is 22.1. The fourth-order valence-electron chi connectivity index (χ4n) is 7.19. The first-order valence-corrected chi connectivity index (χ1v) is 22.1. The molecule has 0 spiro atoms. The molecule has 4 aromatic rings. The number of hydrogen-bond donors (Lipinski definition) is 4. The van der Waals surface area contributed by atoms with Crippen LogP contribution >= 0.6 is 0 Å². The van der Waals surface area contributed by atoms with Crippen LogP contribution in [0.25, 0.3) is 11.3 Å². The molecule has 0 radical (unpaired) electrons. The molecule has 3 amide bonds. The topological polar surface area (TPSA) is 172 Å². The van der Waals surface area contributed by atoms with Crippen molar-refractivity contribution < 1.29 is 56.7 Å². The van der Waals surface area contributed by atoms with Gasteiger partial charge in [-0.25, -0.2) is 0 Å². The summed E-state index contributed by atoms with van der Waals surface area (Å²) < 4.78 is 62.0. The number of benzene rings is 3. The average Bonchev–Trinajstić information content (AvgIpc) is 3.32. The lowest BCUT2D eigenvalue weighted by Crippen LogP contribution is -2.36. The SMILES string of the molecule is O=C(NCc1cccc(C(F)(F)F)c1)c1ccnc(-c2cc(N3CCCCC3)ccc2NC(=O)c2cccc(CCCOCCOCCOCCOCCC(=O)N(CCO)CCO)c2)c1. The molecule has 1 aliphatic rings. The Hall–Kier alpha value is -5.43. The van der Waals surface area contributed by atoms with Crippen molar-refractivity contribution in [2.75, 3.05) is 102 Å². The summed E-state index contributed by atoms with van der Waals surface area (Å²) in [5.74, 6) is -0.978. The number of nitrogens with one attached hydrogen (secondary N) is 2. The Bertz CT molecular complexity index is 2100. The molecule has 3 aromatic carbocycles. The van der Waals surface area contributed by atoms with Gasteiger partial charge < -0.3 is 49.6 Å². The number of aliphatic hydroxyl groups is 2. The number of aliphatic hydroxyl groups excluding tert-OH is 2. The van der Waals surface area contributed by atoms with Crippen molar-refractivity contribution >= 4 is 29.1 Å². The zero-order valence-corrected chi connectivity index (χ0v) is 36.7. The summed E-state index contributed by atoms with van der Waals surface area (Å²) in [6.07, 6.45) is 1.88. The molecule has 1 fully saturated rings. The summed E-state index contributed by atoms with van der Waals surface area (Å²) in [4.78, 5) is 47.3. The lowest BCUT2D eigenvalue weighted by molar-refractivity contribution is -0.137. The van der Waals surface area contributed by atoms with Crippen molar-refractivity contribution in [2.45, 2.75) is 51.2 Å². The zero-order valence-electron chi connectivity index (χ0n) is 36.7. The number of carbonyl (C=O) groups excluding carboxylic acids is 3. The predicted molar refractivity (Wildman–Crippen MR) is 240 cm³/mol. The quantitative estimate of drug-likeness (QED) is 0.0507. The molecule has 1 aromatic heterocycles. The van der Waals surface area contributed by atoms with Crippen molar-refractivity contribution in [3.63, 3.8) is 0 Å². The predicted octanol–water partition coefficient (Wildman–Crippen LogP) is 6.14. The molecule has 0 bridgehead atoms. The maximum absolute atomic E-state index is 13.7. The summed E-state index contributed by atoms with van der Waals surface area (Å²) in [6.45, 7) is 4.76. The molecule has 1 aliphatic heterocycles. The molecular formula is C48H60F3N5O9. The number of aromatic nitrogens is 1. The number of hydrogen-bond acceptors (Lipinski definition) is 11. The van der Waals surface area contributed by atoms with Crippen LogP contribution in [0.3, 0.4) is 0 Å². The standard InChI is InChI=1S/C48H60F3N5O9/c49-48(50,51)40-11-5-8-37(32-40)35-53-46(60)39-14-16-52-44(33-39)42-34-41(55-17-2-1-3-18-55)12-13-43(42)54-47(61)38-10-4-7-36(31-38)9-6-23-62-25-27-64-29-30-65-28-26-63-24-15-45(59)56(19-21-57)20-22-58/h4-5,7-8,10-14,16,31-34,57-58H,1-3,6,9,15,17-30,35H2,(H,53,60)(H,54,61). The summed E-state index contributed by atoms with van der Waals surface area (Å²) in [6, 6.07) is 21.2. The van der Waals surface area contributed by atoms with Crippen LogP contribution in [0, 0.1) is 0 Å². The summed E-state index contributed by atoms with van der Waals surface area (Å²) in [5.41, 5.74) is 3.79. The average molecular weight is 908 g/mol. The Balaban J connectivity index is 1.06. The van der Waals surface area contributed by atoms with E-state index in [1.54, 1.807) is 12.1 Å². The molecule has 2 heterocycles. The number of nitrogens with zero attached hydrogens (tertiary/aromatic N) is 3. The number of halogens is 3. The largest absolute Gasteiger partial charge is 0.416 e. The number of ether oxygens (including phenoxy) is 4. The Morgan fingerprint density at radius 2 is 1.35 bits per heavy atom. The molecule has 4 N–H and O–H groups in total. The van der Waals surface area contributed by atoms with E-state index in [1.807, 2.05) is 36.4 Å². The zero-order chi connectivity index (χ0) is 46.3. The lowest BCUT2D eigenvalue weighted by atomic mass is 10.0. The van der Waals surface area contributed by atoms with Gasteiger partial charge in [-0.15, -0.1) is 0 Å². The van der Waals surface area contributed by atoms with Crippen LogP contribution in [-0.4, -0.2) is 130 Å². The minimum Gasteiger partial charge on any atom is -0.395 e. The third kappa shape index (κ3) is 17.1. The van der Waals surface area contributed by atoms with Crippen LogP contribution in [0.5, 0.6) is 0 Å². The molecule has 0 aliphatic carbocycles. The number of pyridine rings is 1. The van der Waals surface area contributed by atoms with Gasteiger partial charge in [-0.1, -0.05) is 24.3 Å². The Kier molecular flexibility index (Phi) is 21.1. The molecule has 17 heteroatoms. The van der Waals surface area contributed by atoms with E-state index >= 15 is 0 Å². The molecule has 1 saturated heterocycles. The number of aryl methyl sites for hydroxylation is 1. The fraction of sp³-hybridized carbons (Fsp3) is 0.458. The molecule has 65 heavy (non-hydrogen) atoms. The van der Waals surface area contributed by atoms with Gasteiger partial charge in [-0.3, -0.25) is 19.4 Å². The Morgan fingerprint density at radius 3 is 2.05 bits per heavy atom. The second-order valence-electron chi connectivity index (χ2n) is 15.4. The third-order valence-corrected chi connectivity index (χ3v) is 10.6. The van der Waals surface area contributed by atoms with Crippen LogP contribution in [0.1, 0.15) is 69.5 Å². The number of anilines is 2. The Morgan fingerprint density at radius 1 is 0.708 bits per heavy atom. The van der Waals surface area contributed by atoms with Crippen molar-refractivity contribution in [3.8, 4) is 11.3 Å². The number of rotatable bonds is 27. The molecule has 14 nitrogen and oxygen atoms in total. The minimum atomic E-state index is -4.49. The monoisotopic (exact) mass is 907 g/mol. The molecular weight excluding hydrogens is 848 g/mol. The van der Waals surface area contributed by atoms with Crippen molar-refractivity contribution in [3.05, 3.63) is 113 Å². The van der Waals surface area contributed by atoms with E-state index in [0.717, 1.165) is 62.2 Å². The normalized spacial score (nSPS) is 12.8. The number of amides is 3. The van der Waals surface area contributed by atoms with Gasteiger partial charge in [0.05, 0.1) is 82.8 Å². The highest BCUT2D eigenvalue weighted by Crippen LogP contribution is 2.34. The first-order chi connectivity index (χ1) is 31.5. The number of alkyl halides is 3. The summed E-state index contributed by atoms with van der Waals surface area (Å²) in [7, 11) is 0. The maximum atomic E-state index is 13.7. The highest BCUT2D eigenvalue weighted by Gasteiger charge is 2.30. The van der Waals surface area contributed by atoms with Gasteiger partial charge in [-0.2, -0.15) is 13.2 Å². The maximum Gasteiger partial charge on any atom is 0.416 e. The second kappa shape index (κ2) is 27.1. The van der Waals surface area contributed by atoms with Gasteiger partial charge in [-0.05, 0) is 97.8 Å². The third-order valence-electron chi connectivity index (χ3n) is 10.6. The van der Waals surface area contributed by atoms with Crippen molar-refractivity contribution in [1.82, 2.24) is 15.2 Å². The highest BCUT2D eigenvalue weighted by atomic mass is 19.4. The highest BCUT2D eigenvalue weighted by molar-refractivity contribution is 6.06. The van der Waals surface area contributed by atoms with Gasteiger partial charge in [0.2, 0.25) is 5.91 Å². The molecule has 352 valence electrons. The lowest BCUT2D eigenvalue weighted by Gasteiger charge is -2.29. The fourth-order valence-corrected chi connectivity index (χ4v) is 7.19. The van der Waals surface area contributed by atoms with Crippen LogP contribution < -0.4 is 15.5 Å². The molecule has 5 rings (SSSR count). The molecule has 0 atom stereocenters. The van der Waals surface area contributed by atoms with Crippen molar-refractivity contribution in [2.24, 2.45) is 0 Å². The van der Waals surface area contributed by atoms with E-state index in [1.165, 1.54) is 29.3 Å². The molecule has 0 saturated carbocycles. The summed E-state index contributed by atoms with van der Waals surface area (Å²) in [5, 5.41) is 23.8. The second-order valence-corrected chi connectivity index (χ2v) is 15.4. The number of piperidine rings is 1. The van der Waals surface area contributed by atoms with Crippen molar-refractivity contribution in [1.29, 1.82) is 0 Å². The van der Waals surface area contributed by atoms with Crippen LogP contribution in [0.2, 0.25) is 0 Å². The van der Waals surface area contributed by atoms with E-state index in [0.29, 0.717) is 80.7 Å².